The zero-order valence-electron chi connectivity index (χ0n) is 19.8. The van der Waals surface area contributed by atoms with E-state index < -0.39 is 0 Å². The van der Waals surface area contributed by atoms with Crippen LogP contribution in [0.5, 0.6) is 11.5 Å². The highest BCUT2D eigenvalue weighted by molar-refractivity contribution is 6.38. The predicted molar refractivity (Wildman–Crippen MR) is 149 cm³/mol. The predicted octanol–water partition coefficient (Wildman–Crippen LogP) is 7.38. The molecular weight excluding hydrogens is 458 g/mol. The minimum atomic E-state index is 0.212. The van der Waals surface area contributed by atoms with Crippen molar-refractivity contribution >= 4 is 22.9 Å². The van der Waals surface area contributed by atoms with Gasteiger partial charge in [-0.2, -0.15) is 0 Å². The van der Waals surface area contributed by atoms with E-state index in [0.29, 0.717) is 11.7 Å². The summed E-state index contributed by atoms with van der Waals surface area (Å²) in [4.78, 5) is 13.4. The molecule has 0 amide bonds. The van der Waals surface area contributed by atoms with E-state index in [1.807, 2.05) is 78.9 Å². The van der Waals surface area contributed by atoms with Gasteiger partial charge in [-0.15, -0.1) is 0 Å². The summed E-state index contributed by atoms with van der Waals surface area (Å²) in [5.74, 6) is 1.73. The molecule has 0 spiro atoms. The number of aromatic amines is 1. The van der Waals surface area contributed by atoms with E-state index in [1.54, 1.807) is 24.3 Å². The van der Waals surface area contributed by atoms with Crippen molar-refractivity contribution in [3.05, 3.63) is 132 Å². The smallest absolute Gasteiger partial charge is 0.162 e. The topological polar surface area (TPSA) is 81.0 Å². The molecule has 0 fully saturated rings. The molecule has 0 bridgehead atoms. The Morgan fingerprint density at radius 1 is 0.595 bits per heavy atom. The van der Waals surface area contributed by atoms with E-state index in [0.717, 1.165) is 44.8 Å². The number of amidine groups is 1. The summed E-state index contributed by atoms with van der Waals surface area (Å²) < 4.78 is 0. The average molecular weight is 482 g/mol. The Balaban J connectivity index is 1.51. The normalized spacial score (nSPS) is 14.0. The monoisotopic (exact) mass is 481 g/mol. The van der Waals surface area contributed by atoms with Gasteiger partial charge in [0.15, 0.2) is 5.84 Å². The van der Waals surface area contributed by atoms with Crippen LogP contribution in [-0.4, -0.2) is 26.7 Å². The summed E-state index contributed by atoms with van der Waals surface area (Å²) in [6.07, 6.45) is 2.03. The van der Waals surface area contributed by atoms with Gasteiger partial charge in [0.1, 0.15) is 17.3 Å². The molecule has 1 aliphatic rings. The zero-order valence-corrected chi connectivity index (χ0v) is 19.8. The van der Waals surface area contributed by atoms with Gasteiger partial charge in [-0.1, -0.05) is 60.7 Å². The lowest BCUT2D eigenvalue weighted by atomic mass is 10.0. The summed E-state index contributed by atoms with van der Waals surface area (Å²) in [6.45, 7) is 0. The molecule has 0 atom stereocenters. The first-order valence-electron chi connectivity index (χ1n) is 12.0. The van der Waals surface area contributed by atoms with Gasteiger partial charge in [-0.3, -0.25) is 0 Å². The standard InChI is InChI=1S/C32H23N3O2/c36-25-15-11-23(12-16-25)29-19-27(21-7-3-1-4-8-21)31(33-29)35-32-28(22-9-5-2-6-10-22)20-30(34-32)24-13-17-26(37)18-14-24/h1-20,33,36-37H/b35-32+. The van der Waals surface area contributed by atoms with Gasteiger partial charge < -0.3 is 15.2 Å². The third-order valence-electron chi connectivity index (χ3n) is 6.27. The van der Waals surface area contributed by atoms with E-state index in [9.17, 15) is 10.2 Å². The second-order valence-electron chi connectivity index (χ2n) is 8.76. The fourth-order valence-electron chi connectivity index (χ4n) is 4.38. The van der Waals surface area contributed by atoms with Crippen molar-refractivity contribution in [1.82, 2.24) is 4.98 Å². The maximum absolute atomic E-state index is 9.74. The van der Waals surface area contributed by atoms with Crippen LogP contribution < -0.4 is 0 Å². The van der Waals surface area contributed by atoms with E-state index in [2.05, 4.69) is 23.2 Å². The minimum Gasteiger partial charge on any atom is -0.508 e. The molecule has 4 aromatic carbocycles. The van der Waals surface area contributed by atoms with Crippen molar-refractivity contribution in [3.8, 4) is 33.9 Å². The first kappa shape index (κ1) is 22.3. The number of nitrogens with one attached hydrogen (secondary N) is 1. The Morgan fingerprint density at radius 3 is 1.78 bits per heavy atom. The molecule has 5 heteroatoms. The van der Waals surface area contributed by atoms with E-state index in [-0.39, 0.29) is 11.5 Å². The number of hydrogen-bond acceptors (Lipinski definition) is 3. The molecule has 0 saturated heterocycles. The summed E-state index contributed by atoms with van der Waals surface area (Å²) in [7, 11) is 0. The molecule has 5 aromatic rings. The summed E-state index contributed by atoms with van der Waals surface area (Å²) in [5.41, 5.74) is 7.45. The molecule has 3 N–H and O–H groups in total. The summed E-state index contributed by atoms with van der Waals surface area (Å²) in [5, 5.41) is 19.5. The number of benzene rings is 4. The Labute approximate surface area is 214 Å². The van der Waals surface area contributed by atoms with E-state index in [4.69, 9.17) is 9.98 Å². The Kier molecular flexibility index (Phi) is 5.71. The van der Waals surface area contributed by atoms with Crippen LogP contribution in [0.1, 0.15) is 11.1 Å². The molecule has 0 saturated carbocycles. The lowest BCUT2D eigenvalue weighted by Crippen LogP contribution is -1.95. The SMILES string of the molecule is Oc1ccc(C2=N/C(=N/c3[nH]c(-c4ccc(O)cc4)cc3-c3ccccc3)C(c3ccccc3)=C2)cc1. The molecule has 2 heterocycles. The van der Waals surface area contributed by atoms with E-state index in [1.165, 1.54) is 0 Å². The number of allylic oxidation sites excluding steroid dienone is 1. The Hall–Kier alpha value is -5.16. The second kappa shape index (κ2) is 9.47. The van der Waals surface area contributed by atoms with Crippen LogP contribution in [0.3, 0.4) is 0 Å². The van der Waals surface area contributed by atoms with Crippen molar-refractivity contribution in [2.45, 2.75) is 0 Å². The van der Waals surface area contributed by atoms with Crippen LogP contribution >= 0.6 is 0 Å². The number of hydrogen-bond donors (Lipinski definition) is 3. The third-order valence-corrected chi connectivity index (χ3v) is 6.27. The molecule has 5 nitrogen and oxygen atoms in total. The van der Waals surface area contributed by atoms with Gasteiger partial charge in [-0.05, 0) is 77.4 Å². The van der Waals surface area contributed by atoms with Gasteiger partial charge in [0.25, 0.3) is 0 Å². The molecule has 1 aromatic heterocycles. The van der Waals surface area contributed by atoms with Crippen LogP contribution in [0.4, 0.5) is 5.82 Å². The second-order valence-corrected chi connectivity index (χ2v) is 8.76. The fourth-order valence-corrected chi connectivity index (χ4v) is 4.38. The molecule has 1 aliphatic heterocycles. The van der Waals surface area contributed by atoms with Gasteiger partial charge >= 0.3 is 0 Å². The van der Waals surface area contributed by atoms with Crippen LogP contribution in [-0.2, 0) is 0 Å². The van der Waals surface area contributed by atoms with Crippen LogP contribution in [0.15, 0.2) is 131 Å². The summed E-state index contributed by atoms with van der Waals surface area (Å²) >= 11 is 0. The quantitative estimate of drug-likeness (QED) is 0.245. The van der Waals surface area contributed by atoms with Gasteiger partial charge in [-0.25, -0.2) is 9.98 Å². The van der Waals surface area contributed by atoms with Gasteiger partial charge in [0.2, 0.25) is 0 Å². The van der Waals surface area contributed by atoms with Crippen LogP contribution in [0, 0.1) is 0 Å². The van der Waals surface area contributed by atoms with Crippen molar-refractivity contribution in [2.24, 2.45) is 9.98 Å². The number of H-pyrrole nitrogens is 1. The number of phenolic OH excluding ortho intramolecular Hbond substituents is 2. The Morgan fingerprint density at radius 2 is 1.16 bits per heavy atom. The molecule has 0 radical (unpaired) electrons. The van der Waals surface area contributed by atoms with Crippen LogP contribution in [0.25, 0.3) is 28.0 Å². The lowest BCUT2D eigenvalue weighted by Gasteiger charge is -2.04. The van der Waals surface area contributed by atoms with Crippen molar-refractivity contribution in [3.63, 3.8) is 0 Å². The number of rotatable bonds is 5. The largest absolute Gasteiger partial charge is 0.508 e. The fraction of sp³-hybridized carbons (Fsp3) is 0. The highest BCUT2D eigenvalue weighted by Gasteiger charge is 2.21. The number of aromatic hydroxyl groups is 2. The average Bonchev–Trinajstić information content (AvgIpc) is 3.56. The maximum atomic E-state index is 9.74. The maximum Gasteiger partial charge on any atom is 0.162 e. The molecule has 0 aliphatic carbocycles. The summed E-state index contributed by atoms with van der Waals surface area (Å²) in [6, 6.07) is 36.4. The number of aliphatic imine (C=N–C) groups is 2. The number of nitrogens with zero attached hydrogens (tertiary/aromatic N) is 2. The molecule has 37 heavy (non-hydrogen) atoms. The molecular formula is C32H23N3O2. The van der Waals surface area contributed by atoms with Crippen molar-refractivity contribution in [2.75, 3.05) is 0 Å². The first-order chi connectivity index (χ1) is 18.1. The van der Waals surface area contributed by atoms with Gasteiger partial charge in [0.05, 0.1) is 5.71 Å². The van der Waals surface area contributed by atoms with Gasteiger partial charge in [0, 0.05) is 22.4 Å². The first-order valence-corrected chi connectivity index (χ1v) is 12.0. The molecule has 6 rings (SSSR count). The zero-order chi connectivity index (χ0) is 25.2. The third kappa shape index (κ3) is 4.58. The number of aromatic nitrogens is 1. The molecule has 178 valence electrons. The lowest BCUT2D eigenvalue weighted by molar-refractivity contribution is 0.475. The highest BCUT2D eigenvalue weighted by Crippen LogP contribution is 2.37. The van der Waals surface area contributed by atoms with Crippen molar-refractivity contribution < 1.29 is 10.2 Å². The van der Waals surface area contributed by atoms with Crippen molar-refractivity contribution in [1.29, 1.82) is 0 Å². The Bertz CT molecular complexity index is 1650. The minimum absolute atomic E-state index is 0.212. The van der Waals surface area contributed by atoms with Crippen LogP contribution in [0.2, 0.25) is 0 Å². The van der Waals surface area contributed by atoms with E-state index >= 15 is 0 Å². The number of phenols is 2. The molecule has 0 unspecified atom stereocenters. The highest BCUT2D eigenvalue weighted by atomic mass is 16.3.